The fourth-order valence-corrected chi connectivity index (χ4v) is 2.14. The zero-order chi connectivity index (χ0) is 13.0. The van der Waals surface area contributed by atoms with E-state index in [1.54, 1.807) is 0 Å². The molecule has 1 heterocycles. The van der Waals surface area contributed by atoms with Gasteiger partial charge in [0, 0.05) is 6.07 Å². The van der Waals surface area contributed by atoms with Gasteiger partial charge in [-0.05, 0) is 30.9 Å². The smallest absolute Gasteiger partial charge is 0.127 e. The van der Waals surface area contributed by atoms with Gasteiger partial charge in [-0.25, -0.2) is 4.68 Å². The average molecular weight is 243 g/mol. The Morgan fingerprint density at radius 1 is 1.22 bits per heavy atom. The third kappa shape index (κ3) is 2.55. The van der Waals surface area contributed by atoms with E-state index in [0.717, 1.165) is 36.5 Å². The van der Waals surface area contributed by atoms with Crippen LogP contribution in [0.2, 0.25) is 0 Å². The first-order chi connectivity index (χ1) is 8.76. The van der Waals surface area contributed by atoms with Gasteiger partial charge in [0.2, 0.25) is 0 Å². The molecule has 2 rings (SSSR count). The SMILES string of the molecule is CCCCc1cc(N)n(-c2ccccc2CC)n1. The van der Waals surface area contributed by atoms with Crippen LogP contribution in [0.15, 0.2) is 30.3 Å². The molecule has 0 unspecified atom stereocenters. The van der Waals surface area contributed by atoms with Crippen LogP contribution in [0.5, 0.6) is 0 Å². The van der Waals surface area contributed by atoms with Gasteiger partial charge in [0.15, 0.2) is 0 Å². The minimum Gasteiger partial charge on any atom is -0.384 e. The van der Waals surface area contributed by atoms with Crippen LogP contribution in [0.4, 0.5) is 5.82 Å². The van der Waals surface area contributed by atoms with E-state index in [-0.39, 0.29) is 0 Å². The Bertz CT molecular complexity index is 514. The summed E-state index contributed by atoms with van der Waals surface area (Å²) in [6.07, 6.45) is 4.33. The van der Waals surface area contributed by atoms with E-state index in [1.165, 1.54) is 12.0 Å². The number of aryl methyl sites for hydroxylation is 2. The Morgan fingerprint density at radius 2 is 2.00 bits per heavy atom. The maximum atomic E-state index is 6.07. The Hall–Kier alpha value is -1.77. The normalized spacial score (nSPS) is 10.8. The number of nitrogen functional groups attached to an aromatic ring is 1. The molecule has 1 aromatic carbocycles. The molecule has 96 valence electrons. The lowest BCUT2D eigenvalue weighted by Crippen LogP contribution is -2.04. The first-order valence-corrected chi connectivity index (χ1v) is 6.69. The summed E-state index contributed by atoms with van der Waals surface area (Å²) >= 11 is 0. The quantitative estimate of drug-likeness (QED) is 0.875. The van der Waals surface area contributed by atoms with Crippen LogP contribution >= 0.6 is 0 Å². The van der Waals surface area contributed by atoms with Crippen LogP contribution in [0.25, 0.3) is 5.69 Å². The summed E-state index contributed by atoms with van der Waals surface area (Å²) in [7, 11) is 0. The van der Waals surface area contributed by atoms with Gasteiger partial charge in [-0.1, -0.05) is 38.5 Å². The van der Waals surface area contributed by atoms with E-state index in [0.29, 0.717) is 0 Å². The van der Waals surface area contributed by atoms with Gasteiger partial charge < -0.3 is 5.73 Å². The lowest BCUT2D eigenvalue weighted by Gasteiger charge is -2.08. The van der Waals surface area contributed by atoms with E-state index in [4.69, 9.17) is 5.73 Å². The molecule has 0 amide bonds. The van der Waals surface area contributed by atoms with E-state index in [2.05, 4.69) is 37.1 Å². The van der Waals surface area contributed by atoms with Crippen LogP contribution in [-0.2, 0) is 12.8 Å². The summed E-state index contributed by atoms with van der Waals surface area (Å²) < 4.78 is 1.86. The largest absolute Gasteiger partial charge is 0.384 e. The highest BCUT2D eigenvalue weighted by atomic mass is 15.3. The summed E-state index contributed by atoms with van der Waals surface area (Å²) in [5, 5.41) is 4.62. The first-order valence-electron chi connectivity index (χ1n) is 6.69. The molecule has 0 aliphatic heterocycles. The van der Waals surface area contributed by atoms with E-state index >= 15 is 0 Å². The number of nitrogens with zero attached hydrogens (tertiary/aromatic N) is 2. The molecule has 0 aliphatic rings. The molecule has 3 nitrogen and oxygen atoms in total. The van der Waals surface area contributed by atoms with Crippen LogP contribution in [0.3, 0.4) is 0 Å². The fraction of sp³-hybridized carbons (Fsp3) is 0.400. The lowest BCUT2D eigenvalue weighted by molar-refractivity contribution is 0.751. The molecule has 18 heavy (non-hydrogen) atoms. The average Bonchev–Trinajstić information content (AvgIpc) is 2.77. The highest BCUT2D eigenvalue weighted by Crippen LogP contribution is 2.19. The molecule has 0 saturated carbocycles. The number of para-hydroxylation sites is 1. The standard InChI is InChI=1S/C15H21N3/c1-3-5-9-13-11-15(16)18(17-13)14-10-7-6-8-12(14)4-2/h6-8,10-11H,3-5,9,16H2,1-2H3. The van der Waals surface area contributed by atoms with Crippen molar-refractivity contribution in [2.24, 2.45) is 0 Å². The van der Waals surface area contributed by atoms with Gasteiger partial charge >= 0.3 is 0 Å². The second kappa shape index (κ2) is 5.71. The van der Waals surface area contributed by atoms with Gasteiger partial charge in [-0.15, -0.1) is 0 Å². The second-order valence-corrected chi connectivity index (χ2v) is 4.56. The minimum absolute atomic E-state index is 0.724. The molecule has 0 atom stereocenters. The molecule has 0 bridgehead atoms. The molecular formula is C15H21N3. The monoisotopic (exact) mass is 243 g/mol. The Labute approximate surface area is 109 Å². The van der Waals surface area contributed by atoms with Crippen LogP contribution in [-0.4, -0.2) is 9.78 Å². The molecule has 0 aliphatic carbocycles. The zero-order valence-corrected chi connectivity index (χ0v) is 11.2. The number of nitrogens with two attached hydrogens (primary N) is 1. The molecule has 0 saturated heterocycles. The Balaban J connectivity index is 2.35. The second-order valence-electron chi connectivity index (χ2n) is 4.56. The van der Waals surface area contributed by atoms with Crippen molar-refractivity contribution in [1.29, 1.82) is 0 Å². The molecule has 2 aromatic rings. The number of aromatic nitrogens is 2. The molecule has 3 heteroatoms. The van der Waals surface area contributed by atoms with Crippen molar-refractivity contribution in [3.63, 3.8) is 0 Å². The van der Waals surface area contributed by atoms with Crippen molar-refractivity contribution in [2.45, 2.75) is 39.5 Å². The number of benzene rings is 1. The predicted octanol–water partition coefficient (Wildman–Crippen LogP) is 3.36. The van der Waals surface area contributed by atoms with E-state index < -0.39 is 0 Å². The van der Waals surface area contributed by atoms with Gasteiger partial charge in [0.1, 0.15) is 5.82 Å². The van der Waals surface area contributed by atoms with Gasteiger partial charge in [0.25, 0.3) is 0 Å². The maximum Gasteiger partial charge on any atom is 0.127 e. The highest BCUT2D eigenvalue weighted by molar-refractivity contribution is 5.47. The topological polar surface area (TPSA) is 43.8 Å². The Morgan fingerprint density at radius 3 is 2.72 bits per heavy atom. The highest BCUT2D eigenvalue weighted by Gasteiger charge is 2.09. The fourth-order valence-electron chi connectivity index (χ4n) is 2.14. The summed E-state index contributed by atoms with van der Waals surface area (Å²) in [6, 6.07) is 10.3. The number of rotatable bonds is 5. The van der Waals surface area contributed by atoms with Crippen LogP contribution < -0.4 is 5.73 Å². The number of hydrogen-bond donors (Lipinski definition) is 1. The number of anilines is 1. The van der Waals surface area contributed by atoms with Crippen molar-refractivity contribution >= 4 is 5.82 Å². The molecule has 1 aromatic heterocycles. The van der Waals surface area contributed by atoms with Crippen LogP contribution in [0.1, 0.15) is 37.9 Å². The Kier molecular flexibility index (Phi) is 4.03. The molecule has 2 N–H and O–H groups in total. The molecule has 0 spiro atoms. The molecule has 0 fully saturated rings. The number of hydrogen-bond acceptors (Lipinski definition) is 2. The minimum atomic E-state index is 0.724. The lowest BCUT2D eigenvalue weighted by atomic mass is 10.1. The van der Waals surface area contributed by atoms with Gasteiger partial charge in [-0.3, -0.25) is 0 Å². The van der Waals surface area contributed by atoms with Gasteiger partial charge in [-0.2, -0.15) is 5.10 Å². The molecule has 0 radical (unpaired) electrons. The zero-order valence-electron chi connectivity index (χ0n) is 11.2. The van der Waals surface area contributed by atoms with Crippen molar-refractivity contribution in [2.75, 3.05) is 5.73 Å². The van der Waals surface area contributed by atoms with Crippen molar-refractivity contribution in [1.82, 2.24) is 9.78 Å². The van der Waals surface area contributed by atoms with Crippen molar-refractivity contribution in [3.05, 3.63) is 41.6 Å². The summed E-state index contributed by atoms with van der Waals surface area (Å²) in [4.78, 5) is 0. The molecular weight excluding hydrogens is 222 g/mol. The number of unbranched alkanes of at least 4 members (excludes halogenated alkanes) is 1. The third-order valence-electron chi connectivity index (χ3n) is 3.17. The van der Waals surface area contributed by atoms with Crippen molar-refractivity contribution in [3.8, 4) is 5.69 Å². The predicted molar refractivity (Wildman–Crippen MR) is 76.0 cm³/mol. The van der Waals surface area contributed by atoms with Gasteiger partial charge in [0.05, 0.1) is 11.4 Å². The summed E-state index contributed by atoms with van der Waals surface area (Å²) in [5.41, 5.74) is 9.52. The van der Waals surface area contributed by atoms with E-state index in [1.807, 2.05) is 16.8 Å². The summed E-state index contributed by atoms with van der Waals surface area (Å²) in [5.74, 6) is 0.724. The first kappa shape index (κ1) is 12.7. The van der Waals surface area contributed by atoms with Crippen LogP contribution in [0, 0.1) is 0 Å². The van der Waals surface area contributed by atoms with E-state index in [9.17, 15) is 0 Å². The maximum absolute atomic E-state index is 6.07. The van der Waals surface area contributed by atoms with Crippen molar-refractivity contribution < 1.29 is 0 Å². The summed E-state index contributed by atoms with van der Waals surface area (Å²) in [6.45, 7) is 4.34. The third-order valence-corrected chi connectivity index (χ3v) is 3.17.